The van der Waals surface area contributed by atoms with E-state index in [-0.39, 0.29) is 17.3 Å². The van der Waals surface area contributed by atoms with E-state index in [1.54, 1.807) is 6.92 Å². The summed E-state index contributed by atoms with van der Waals surface area (Å²) in [6.45, 7) is 3.95. The molecule has 0 saturated heterocycles. The van der Waals surface area contributed by atoms with E-state index in [1.165, 1.54) is 7.11 Å². The summed E-state index contributed by atoms with van der Waals surface area (Å²) in [5.41, 5.74) is 0.959. The van der Waals surface area contributed by atoms with E-state index in [4.69, 9.17) is 4.74 Å². The molecule has 0 aromatic heterocycles. The van der Waals surface area contributed by atoms with Crippen LogP contribution in [0.25, 0.3) is 0 Å². The van der Waals surface area contributed by atoms with Crippen LogP contribution in [0.1, 0.15) is 46.0 Å². The Balaban J connectivity index is 2.04. The standard InChI is InChI=1S/C15H22O3/c1-10(16)13-8-9-15(13,2)12-6-4-11(5-7-12)14(17)18-3/h4,12-13H,5-9H2,1-3H3/t12?,13-,15+/m0/s1. The maximum atomic E-state index is 11.6. The monoisotopic (exact) mass is 250 g/mol. The van der Waals surface area contributed by atoms with Crippen molar-refractivity contribution in [3.05, 3.63) is 11.6 Å². The van der Waals surface area contributed by atoms with E-state index in [9.17, 15) is 9.59 Å². The van der Waals surface area contributed by atoms with Gasteiger partial charge in [-0.25, -0.2) is 4.79 Å². The molecule has 1 saturated carbocycles. The third kappa shape index (κ3) is 2.11. The Morgan fingerprint density at radius 1 is 1.39 bits per heavy atom. The minimum Gasteiger partial charge on any atom is -0.466 e. The molecule has 1 fully saturated rings. The van der Waals surface area contributed by atoms with Gasteiger partial charge in [0.25, 0.3) is 0 Å². The Kier molecular flexibility index (Phi) is 3.60. The normalized spacial score (nSPS) is 35.4. The van der Waals surface area contributed by atoms with Gasteiger partial charge >= 0.3 is 5.97 Å². The first kappa shape index (κ1) is 13.3. The molecule has 18 heavy (non-hydrogen) atoms. The van der Waals surface area contributed by atoms with Crippen LogP contribution in [0.15, 0.2) is 11.6 Å². The number of hydrogen-bond donors (Lipinski definition) is 0. The molecule has 1 unspecified atom stereocenters. The van der Waals surface area contributed by atoms with Crippen molar-refractivity contribution in [3.63, 3.8) is 0 Å². The Morgan fingerprint density at radius 3 is 2.50 bits per heavy atom. The highest BCUT2D eigenvalue weighted by atomic mass is 16.5. The lowest BCUT2D eigenvalue weighted by molar-refractivity contribution is -0.138. The molecule has 3 nitrogen and oxygen atoms in total. The molecule has 3 atom stereocenters. The first-order valence-electron chi connectivity index (χ1n) is 6.77. The van der Waals surface area contributed by atoms with Gasteiger partial charge in [0.1, 0.15) is 5.78 Å². The van der Waals surface area contributed by atoms with Gasteiger partial charge in [-0.3, -0.25) is 4.79 Å². The van der Waals surface area contributed by atoms with Crippen LogP contribution in [-0.2, 0) is 14.3 Å². The highest BCUT2D eigenvalue weighted by Gasteiger charge is 2.50. The number of rotatable bonds is 3. The molecule has 0 bridgehead atoms. The highest BCUT2D eigenvalue weighted by Crippen LogP contribution is 2.55. The molecule has 0 amide bonds. The lowest BCUT2D eigenvalue weighted by Gasteiger charge is -2.52. The van der Waals surface area contributed by atoms with Crippen molar-refractivity contribution in [2.75, 3.05) is 7.11 Å². The average molecular weight is 250 g/mol. The predicted molar refractivity (Wildman–Crippen MR) is 69.0 cm³/mol. The van der Waals surface area contributed by atoms with E-state index in [2.05, 4.69) is 6.92 Å². The zero-order valence-corrected chi connectivity index (χ0v) is 11.5. The van der Waals surface area contributed by atoms with Crippen molar-refractivity contribution in [2.45, 2.75) is 46.0 Å². The van der Waals surface area contributed by atoms with Gasteiger partial charge < -0.3 is 4.74 Å². The van der Waals surface area contributed by atoms with E-state index in [1.807, 2.05) is 6.08 Å². The van der Waals surface area contributed by atoms with E-state index in [0.717, 1.165) is 37.7 Å². The van der Waals surface area contributed by atoms with Gasteiger partial charge in [0, 0.05) is 11.5 Å². The molecule has 0 radical (unpaired) electrons. The number of ether oxygens (including phenoxy) is 1. The number of methoxy groups -OCH3 is 1. The van der Waals surface area contributed by atoms with Crippen molar-refractivity contribution < 1.29 is 14.3 Å². The van der Waals surface area contributed by atoms with Crippen LogP contribution in [0.5, 0.6) is 0 Å². The van der Waals surface area contributed by atoms with E-state index < -0.39 is 0 Å². The molecule has 0 spiro atoms. The minimum absolute atomic E-state index is 0.157. The Hall–Kier alpha value is -1.12. The Morgan fingerprint density at radius 2 is 2.11 bits per heavy atom. The number of Topliss-reactive ketones (excluding diaryl/α,β-unsaturated/α-hetero) is 1. The van der Waals surface area contributed by atoms with Crippen LogP contribution in [0, 0.1) is 17.3 Å². The molecule has 0 heterocycles. The van der Waals surface area contributed by atoms with Gasteiger partial charge in [-0.2, -0.15) is 0 Å². The van der Waals surface area contributed by atoms with Gasteiger partial charge in [-0.1, -0.05) is 13.0 Å². The first-order chi connectivity index (χ1) is 8.49. The van der Waals surface area contributed by atoms with Gasteiger partial charge in [-0.05, 0) is 50.4 Å². The molecule has 0 aromatic carbocycles. The zero-order valence-electron chi connectivity index (χ0n) is 11.5. The second kappa shape index (κ2) is 4.87. The summed E-state index contributed by atoms with van der Waals surface area (Å²) >= 11 is 0. The highest BCUT2D eigenvalue weighted by molar-refractivity contribution is 5.88. The van der Waals surface area contributed by atoms with Crippen LogP contribution in [0.4, 0.5) is 0 Å². The maximum absolute atomic E-state index is 11.6. The largest absolute Gasteiger partial charge is 0.466 e. The molecule has 100 valence electrons. The van der Waals surface area contributed by atoms with Crippen molar-refractivity contribution in [3.8, 4) is 0 Å². The minimum atomic E-state index is -0.199. The third-order valence-corrected chi connectivity index (χ3v) is 5.05. The molecular formula is C15H22O3. The summed E-state index contributed by atoms with van der Waals surface area (Å²) < 4.78 is 4.75. The second-order valence-corrected chi connectivity index (χ2v) is 5.90. The average Bonchev–Trinajstić information content (AvgIpc) is 2.35. The fourth-order valence-electron chi connectivity index (χ4n) is 3.65. The summed E-state index contributed by atoms with van der Waals surface area (Å²) in [5, 5.41) is 0. The van der Waals surface area contributed by atoms with Gasteiger partial charge in [0.05, 0.1) is 7.11 Å². The Labute approximate surface area is 109 Å². The summed E-state index contributed by atoms with van der Waals surface area (Å²) in [6.07, 6.45) is 6.89. The summed E-state index contributed by atoms with van der Waals surface area (Å²) in [5.74, 6) is 0.894. The third-order valence-electron chi connectivity index (χ3n) is 5.05. The van der Waals surface area contributed by atoms with Crippen LogP contribution in [-0.4, -0.2) is 18.9 Å². The lowest BCUT2D eigenvalue weighted by Crippen LogP contribution is -2.47. The van der Waals surface area contributed by atoms with Gasteiger partial charge in [-0.15, -0.1) is 0 Å². The van der Waals surface area contributed by atoms with E-state index in [0.29, 0.717) is 11.7 Å². The van der Waals surface area contributed by atoms with Crippen LogP contribution >= 0.6 is 0 Å². The maximum Gasteiger partial charge on any atom is 0.333 e. The Bertz CT molecular complexity index is 397. The molecule has 2 rings (SSSR count). The molecular weight excluding hydrogens is 228 g/mol. The quantitative estimate of drug-likeness (QED) is 0.723. The lowest BCUT2D eigenvalue weighted by atomic mass is 9.52. The summed E-state index contributed by atoms with van der Waals surface area (Å²) in [6, 6.07) is 0. The first-order valence-corrected chi connectivity index (χ1v) is 6.77. The number of carbonyl (C=O) groups excluding carboxylic acids is 2. The second-order valence-electron chi connectivity index (χ2n) is 5.90. The van der Waals surface area contributed by atoms with Crippen LogP contribution < -0.4 is 0 Å². The number of ketones is 1. The fraction of sp³-hybridized carbons (Fsp3) is 0.733. The van der Waals surface area contributed by atoms with Crippen LogP contribution in [0.2, 0.25) is 0 Å². The van der Waals surface area contributed by atoms with E-state index >= 15 is 0 Å². The molecule has 2 aliphatic carbocycles. The van der Waals surface area contributed by atoms with Crippen molar-refractivity contribution in [1.82, 2.24) is 0 Å². The van der Waals surface area contributed by atoms with Crippen molar-refractivity contribution in [2.24, 2.45) is 17.3 Å². The summed E-state index contributed by atoms with van der Waals surface area (Å²) in [4.78, 5) is 23.0. The van der Waals surface area contributed by atoms with Crippen molar-refractivity contribution >= 4 is 11.8 Å². The zero-order chi connectivity index (χ0) is 13.3. The molecule has 0 N–H and O–H groups in total. The number of hydrogen-bond acceptors (Lipinski definition) is 3. The topological polar surface area (TPSA) is 43.4 Å². The fourth-order valence-corrected chi connectivity index (χ4v) is 3.65. The van der Waals surface area contributed by atoms with Gasteiger partial charge in [0.2, 0.25) is 0 Å². The molecule has 0 aliphatic heterocycles. The summed E-state index contributed by atoms with van der Waals surface area (Å²) in [7, 11) is 1.42. The number of carbonyl (C=O) groups is 2. The van der Waals surface area contributed by atoms with Crippen molar-refractivity contribution in [1.29, 1.82) is 0 Å². The predicted octanol–water partition coefficient (Wildman–Crippen LogP) is 2.89. The number of esters is 1. The van der Waals surface area contributed by atoms with Crippen LogP contribution in [0.3, 0.4) is 0 Å². The number of allylic oxidation sites excluding steroid dienone is 1. The molecule has 0 aromatic rings. The molecule has 2 aliphatic rings. The van der Waals surface area contributed by atoms with Gasteiger partial charge in [0.15, 0.2) is 0 Å². The smallest absolute Gasteiger partial charge is 0.333 e. The molecule has 3 heteroatoms. The SMILES string of the molecule is COC(=O)C1=CCC([C@@]2(C)CC[C@H]2C(C)=O)CC1.